The van der Waals surface area contributed by atoms with Crippen LogP contribution in [0.1, 0.15) is 22.7 Å². The molecule has 6 nitrogen and oxygen atoms in total. The van der Waals surface area contributed by atoms with Crippen molar-refractivity contribution >= 4 is 0 Å². The van der Waals surface area contributed by atoms with E-state index in [0.717, 1.165) is 11.1 Å². The fourth-order valence-electron chi connectivity index (χ4n) is 3.48. The Hall–Kier alpha value is -3.51. The standard InChI is InChI=1S/C24H23N3O3/c1-16-20(13-14-28)24(29)27(22(25-16)18-9-5-3-6-10-18)15-21-17(2)30-23(26-21)19-11-7-4-8-12-19/h3-12,28H,13-15H2,1-2H3. The minimum Gasteiger partial charge on any atom is -0.441 e. The summed E-state index contributed by atoms with van der Waals surface area (Å²) in [6, 6.07) is 19.3. The van der Waals surface area contributed by atoms with E-state index in [2.05, 4.69) is 4.98 Å². The first-order chi connectivity index (χ1) is 14.6. The highest BCUT2D eigenvalue weighted by molar-refractivity contribution is 5.56. The summed E-state index contributed by atoms with van der Waals surface area (Å²) in [5, 5.41) is 9.41. The second kappa shape index (κ2) is 8.47. The Morgan fingerprint density at radius 2 is 1.57 bits per heavy atom. The zero-order valence-electron chi connectivity index (χ0n) is 17.0. The van der Waals surface area contributed by atoms with Crippen molar-refractivity contribution in [1.29, 1.82) is 0 Å². The molecule has 0 bridgehead atoms. The van der Waals surface area contributed by atoms with Gasteiger partial charge in [-0.15, -0.1) is 0 Å². The molecule has 0 unspecified atom stereocenters. The second-order valence-electron chi connectivity index (χ2n) is 7.12. The summed E-state index contributed by atoms with van der Waals surface area (Å²) in [6.45, 7) is 3.77. The molecule has 0 radical (unpaired) electrons. The van der Waals surface area contributed by atoms with Gasteiger partial charge in [0.25, 0.3) is 5.56 Å². The Balaban J connectivity index is 1.83. The lowest BCUT2D eigenvalue weighted by Crippen LogP contribution is -2.29. The van der Waals surface area contributed by atoms with Gasteiger partial charge in [0, 0.05) is 35.4 Å². The Bertz CT molecular complexity index is 1210. The molecule has 1 N–H and O–H groups in total. The third-order valence-corrected chi connectivity index (χ3v) is 5.08. The van der Waals surface area contributed by atoms with Crippen molar-refractivity contribution in [3.8, 4) is 22.8 Å². The summed E-state index contributed by atoms with van der Waals surface area (Å²) in [6.07, 6.45) is 0.264. The molecule has 152 valence electrons. The van der Waals surface area contributed by atoms with Crippen LogP contribution < -0.4 is 5.56 Å². The number of aryl methyl sites for hydroxylation is 2. The number of aliphatic hydroxyl groups is 1. The van der Waals surface area contributed by atoms with E-state index >= 15 is 0 Å². The fourth-order valence-corrected chi connectivity index (χ4v) is 3.48. The van der Waals surface area contributed by atoms with Crippen molar-refractivity contribution in [1.82, 2.24) is 14.5 Å². The molecule has 4 aromatic rings. The van der Waals surface area contributed by atoms with Gasteiger partial charge in [-0.3, -0.25) is 9.36 Å². The van der Waals surface area contributed by atoms with Crippen LogP contribution in [0.3, 0.4) is 0 Å². The number of nitrogens with zero attached hydrogens (tertiary/aromatic N) is 3. The molecule has 6 heteroatoms. The maximum atomic E-state index is 13.3. The Labute approximate surface area is 174 Å². The summed E-state index contributed by atoms with van der Waals surface area (Å²) in [5.41, 5.74) is 3.38. The Morgan fingerprint density at radius 3 is 2.20 bits per heavy atom. The third kappa shape index (κ3) is 3.82. The van der Waals surface area contributed by atoms with Crippen molar-refractivity contribution in [2.45, 2.75) is 26.8 Å². The van der Waals surface area contributed by atoms with E-state index < -0.39 is 0 Å². The average Bonchev–Trinajstić information content (AvgIpc) is 3.14. The highest BCUT2D eigenvalue weighted by atomic mass is 16.4. The lowest BCUT2D eigenvalue weighted by atomic mass is 10.1. The molecule has 0 amide bonds. The molecule has 2 heterocycles. The molecule has 2 aromatic carbocycles. The predicted octanol–water partition coefficient (Wildman–Crippen LogP) is 3.77. The largest absolute Gasteiger partial charge is 0.441 e. The summed E-state index contributed by atoms with van der Waals surface area (Å²) in [4.78, 5) is 22.7. The summed E-state index contributed by atoms with van der Waals surface area (Å²) in [5.74, 6) is 1.75. The van der Waals surface area contributed by atoms with Crippen LogP contribution >= 0.6 is 0 Å². The van der Waals surface area contributed by atoms with Crippen molar-refractivity contribution in [2.24, 2.45) is 0 Å². The molecule has 0 aliphatic heterocycles. The third-order valence-electron chi connectivity index (χ3n) is 5.08. The van der Waals surface area contributed by atoms with Crippen LogP contribution in [-0.2, 0) is 13.0 Å². The van der Waals surface area contributed by atoms with Gasteiger partial charge in [0.05, 0.1) is 6.54 Å². The van der Waals surface area contributed by atoms with Gasteiger partial charge in [0.2, 0.25) is 5.89 Å². The van der Waals surface area contributed by atoms with Crippen LogP contribution in [0.25, 0.3) is 22.8 Å². The minimum atomic E-state index is -0.168. The number of hydrogen-bond acceptors (Lipinski definition) is 5. The SMILES string of the molecule is Cc1nc(-c2ccccc2)n(Cc2nc(-c3ccccc3)oc2C)c(=O)c1CCO. The molecule has 0 fully saturated rings. The Kier molecular flexibility index (Phi) is 5.59. The van der Waals surface area contributed by atoms with Crippen LogP contribution in [-0.4, -0.2) is 26.2 Å². The molecular formula is C24H23N3O3. The summed E-state index contributed by atoms with van der Waals surface area (Å²) < 4.78 is 7.49. The number of hydrogen-bond donors (Lipinski definition) is 1. The van der Waals surface area contributed by atoms with Crippen molar-refractivity contribution in [2.75, 3.05) is 6.61 Å². The van der Waals surface area contributed by atoms with E-state index in [-0.39, 0.29) is 25.1 Å². The van der Waals surface area contributed by atoms with Gasteiger partial charge < -0.3 is 9.52 Å². The topological polar surface area (TPSA) is 81.2 Å². The molecule has 0 saturated carbocycles. The number of benzene rings is 2. The number of aliphatic hydroxyl groups excluding tert-OH is 1. The number of rotatable bonds is 6. The smallest absolute Gasteiger partial charge is 0.257 e. The monoisotopic (exact) mass is 401 g/mol. The highest BCUT2D eigenvalue weighted by Crippen LogP contribution is 2.23. The van der Waals surface area contributed by atoms with E-state index in [9.17, 15) is 9.90 Å². The van der Waals surface area contributed by atoms with Crippen molar-refractivity contribution in [3.63, 3.8) is 0 Å². The maximum Gasteiger partial charge on any atom is 0.257 e. The van der Waals surface area contributed by atoms with Crippen LogP contribution in [0.15, 0.2) is 69.9 Å². The first kappa shape index (κ1) is 19.8. The molecule has 4 rings (SSSR count). The zero-order chi connectivity index (χ0) is 21.1. The number of oxazole rings is 1. The molecule has 0 aliphatic rings. The van der Waals surface area contributed by atoms with Gasteiger partial charge in [-0.1, -0.05) is 48.5 Å². The normalized spacial score (nSPS) is 11.0. The quantitative estimate of drug-likeness (QED) is 0.532. The zero-order valence-corrected chi connectivity index (χ0v) is 17.0. The van der Waals surface area contributed by atoms with Crippen LogP contribution in [0.5, 0.6) is 0 Å². The molecule has 0 atom stereocenters. The first-order valence-corrected chi connectivity index (χ1v) is 9.86. The first-order valence-electron chi connectivity index (χ1n) is 9.86. The van der Waals surface area contributed by atoms with Crippen molar-refractivity contribution in [3.05, 3.63) is 93.7 Å². The Morgan fingerprint density at radius 1 is 0.933 bits per heavy atom. The van der Waals surface area contributed by atoms with Crippen LogP contribution in [0.4, 0.5) is 0 Å². The molecule has 0 saturated heterocycles. The maximum absolute atomic E-state index is 13.3. The fraction of sp³-hybridized carbons (Fsp3) is 0.208. The van der Waals surface area contributed by atoms with Crippen LogP contribution in [0, 0.1) is 13.8 Å². The van der Waals surface area contributed by atoms with E-state index in [1.165, 1.54) is 0 Å². The lowest BCUT2D eigenvalue weighted by molar-refractivity contribution is 0.298. The van der Waals surface area contributed by atoms with E-state index in [0.29, 0.717) is 34.4 Å². The molecule has 2 aromatic heterocycles. The molecular weight excluding hydrogens is 378 g/mol. The average molecular weight is 401 g/mol. The summed E-state index contributed by atoms with van der Waals surface area (Å²) >= 11 is 0. The second-order valence-corrected chi connectivity index (χ2v) is 7.12. The minimum absolute atomic E-state index is 0.108. The highest BCUT2D eigenvalue weighted by Gasteiger charge is 2.19. The molecule has 30 heavy (non-hydrogen) atoms. The van der Waals surface area contributed by atoms with E-state index in [1.54, 1.807) is 11.5 Å². The van der Waals surface area contributed by atoms with E-state index in [1.807, 2.05) is 67.6 Å². The van der Waals surface area contributed by atoms with Gasteiger partial charge in [-0.05, 0) is 26.0 Å². The van der Waals surface area contributed by atoms with Gasteiger partial charge in [0.1, 0.15) is 17.3 Å². The van der Waals surface area contributed by atoms with E-state index in [4.69, 9.17) is 9.40 Å². The van der Waals surface area contributed by atoms with Gasteiger partial charge >= 0.3 is 0 Å². The predicted molar refractivity (Wildman–Crippen MR) is 115 cm³/mol. The van der Waals surface area contributed by atoms with Gasteiger partial charge in [0.15, 0.2) is 0 Å². The molecule has 0 aliphatic carbocycles. The van der Waals surface area contributed by atoms with Crippen LogP contribution in [0.2, 0.25) is 0 Å². The van der Waals surface area contributed by atoms with Crippen molar-refractivity contribution < 1.29 is 9.52 Å². The molecule has 0 spiro atoms. The lowest BCUT2D eigenvalue weighted by Gasteiger charge is -2.15. The summed E-state index contributed by atoms with van der Waals surface area (Å²) in [7, 11) is 0. The number of aromatic nitrogens is 3. The van der Waals surface area contributed by atoms with Gasteiger partial charge in [-0.2, -0.15) is 0 Å². The van der Waals surface area contributed by atoms with Gasteiger partial charge in [-0.25, -0.2) is 9.97 Å².